The van der Waals surface area contributed by atoms with Gasteiger partial charge in [-0.1, -0.05) is 30.3 Å². The normalized spacial score (nSPS) is 15.1. The maximum Gasteiger partial charge on any atom is 0.218 e. The summed E-state index contributed by atoms with van der Waals surface area (Å²) in [5.74, 6) is 0.767. The first-order valence-corrected chi connectivity index (χ1v) is 6.32. The van der Waals surface area contributed by atoms with Gasteiger partial charge in [0.2, 0.25) is 5.88 Å². The van der Waals surface area contributed by atoms with Crippen LogP contribution in [0.1, 0.15) is 12.0 Å². The Morgan fingerprint density at radius 3 is 2.89 bits per heavy atom. The minimum absolute atomic E-state index is 0.727. The average Bonchev–Trinajstić information content (AvgIpc) is 2.40. The highest BCUT2D eigenvalue weighted by Gasteiger charge is 2.13. The van der Waals surface area contributed by atoms with E-state index in [-0.39, 0.29) is 0 Å². The number of nitrogens with one attached hydrogen (secondary N) is 1. The summed E-state index contributed by atoms with van der Waals surface area (Å²) in [5, 5.41) is 3.43. The van der Waals surface area contributed by atoms with Crippen molar-refractivity contribution in [1.82, 2.24) is 10.3 Å². The van der Waals surface area contributed by atoms with Gasteiger partial charge in [-0.3, -0.25) is 0 Å². The fourth-order valence-electron chi connectivity index (χ4n) is 2.24. The highest BCUT2D eigenvalue weighted by molar-refractivity contribution is 5.68. The number of hydrogen-bond acceptors (Lipinski definition) is 3. The smallest absolute Gasteiger partial charge is 0.218 e. The van der Waals surface area contributed by atoms with Crippen LogP contribution in [-0.2, 0) is 6.54 Å². The van der Waals surface area contributed by atoms with E-state index in [1.165, 1.54) is 11.1 Å². The molecule has 0 saturated carbocycles. The topological polar surface area (TPSA) is 34.2 Å². The number of benzene rings is 1. The molecule has 0 amide bonds. The third-order valence-corrected chi connectivity index (χ3v) is 3.14. The Hall–Kier alpha value is -1.87. The zero-order chi connectivity index (χ0) is 12.2. The Morgan fingerprint density at radius 2 is 2.00 bits per heavy atom. The summed E-state index contributed by atoms with van der Waals surface area (Å²) in [7, 11) is 0. The first kappa shape index (κ1) is 11.2. The molecule has 0 spiro atoms. The van der Waals surface area contributed by atoms with Crippen molar-refractivity contribution >= 4 is 0 Å². The third-order valence-electron chi connectivity index (χ3n) is 3.14. The number of rotatable bonds is 1. The number of hydrogen-bond donors (Lipinski definition) is 1. The summed E-state index contributed by atoms with van der Waals surface area (Å²) >= 11 is 0. The van der Waals surface area contributed by atoms with Crippen LogP contribution in [0.3, 0.4) is 0 Å². The second-order valence-corrected chi connectivity index (χ2v) is 4.39. The second-order valence-electron chi connectivity index (χ2n) is 4.39. The van der Waals surface area contributed by atoms with Crippen LogP contribution in [0, 0.1) is 0 Å². The van der Waals surface area contributed by atoms with Gasteiger partial charge in [0.1, 0.15) is 0 Å². The van der Waals surface area contributed by atoms with Gasteiger partial charge in [0, 0.05) is 18.3 Å². The van der Waals surface area contributed by atoms with Crippen molar-refractivity contribution in [3.63, 3.8) is 0 Å². The molecule has 3 rings (SSSR count). The van der Waals surface area contributed by atoms with Crippen molar-refractivity contribution in [2.24, 2.45) is 0 Å². The molecule has 0 fully saturated rings. The van der Waals surface area contributed by atoms with Crippen LogP contribution in [-0.4, -0.2) is 18.1 Å². The molecule has 1 aromatic carbocycles. The molecular formula is C15H16N2O. The second kappa shape index (κ2) is 5.19. The Balaban J connectivity index is 2.07. The van der Waals surface area contributed by atoms with Crippen LogP contribution in [0.2, 0.25) is 0 Å². The van der Waals surface area contributed by atoms with Crippen LogP contribution >= 0.6 is 0 Å². The lowest BCUT2D eigenvalue weighted by Gasteiger charge is -2.18. The molecular weight excluding hydrogens is 224 g/mol. The Labute approximate surface area is 107 Å². The molecule has 0 atom stereocenters. The number of ether oxygens (including phenoxy) is 1. The van der Waals surface area contributed by atoms with Gasteiger partial charge in [0.25, 0.3) is 0 Å². The molecule has 0 radical (unpaired) electrons. The quantitative estimate of drug-likeness (QED) is 0.832. The first-order chi connectivity index (χ1) is 8.95. The molecule has 1 aromatic heterocycles. The molecule has 0 unspecified atom stereocenters. The van der Waals surface area contributed by atoms with Crippen molar-refractivity contribution < 1.29 is 4.74 Å². The molecule has 92 valence electrons. The Morgan fingerprint density at radius 1 is 1.11 bits per heavy atom. The fraction of sp³-hybridized carbons (Fsp3) is 0.267. The van der Waals surface area contributed by atoms with E-state index < -0.39 is 0 Å². The van der Waals surface area contributed by atoms with Crippen LogP contribution in [0.25, 0.3) is 11.1 Å². The fourth-order valence-corrected chi connectivity index (χ4v) is 2.24. The maximum atomic E-state index is 5.74. The zero-order valence-corrected chi connectivity index (χ0v) is 10.2. The lowest BCUT2D eigenvalue weighted by atomic mass is 10.0. The average molecular weight is 240 g/mol. The van der Waals surface area contributed by atoms with Crippen LogP contribution in [0.5, 0.6) is 5.88 Å². The summed E-state index contributed by atoms with van der Waals surface area (Å²) in [6.07, 6.45) is 2.85. The van der Waals surface area contributed by atoms with E-state index in [1.807, 2.05) is 12.3 Å². The highest BCUT2D eigenvalue weighted by atomic mass is 16.5. The summed E-state index contributed by atoms with van der Waals surface area (Å²) < 4.78 is 5.74. The van der Waals surface area contributed by atoms with E-state index >= 15 is 0 Å². The molecule has 1 aliphatic rings. The van der Waals surface area contributed by atoms with E-state index in [0.717, 1.165) is 37.6 Å². The molecule has 2 aromatic rings. The van der Waals surface area contributed by atoms with Gasteiger partial charge < -0.3 is 10.1 Å². The number of nitrogens with zero attached hydrogens (tertiary/aromatic N) is 1. The molecule has 2 heterocycles. The van der Waals surface area contributed by atoms with Gasteiger partial charge in [-0.2, -0.15) is 0 Å². The molecule has 3 nitrogen and oxygen atoms in total. The Kier molecular flexibility index (Phi) is 3.24. The van der Waals surface area contributed by atoms with Gasteiger partial charge in [0.05, 0.1) is 6.61 Å². The number of fused-ring (bicyclic) bond motifs is 1. The lowest BCUT2D eigenvalue weighted by Crippen LogP contribution is -2.21. The number of pyridine rings is 1. The summed E-state index contributed by atoms with van der Waals surface area (Å²) in [6.45, 7) is 2.53. The maximum absolute atomic E-state index is 5.74. The van der Waals surface area contributed by atoms with E-state index in [2.05, 4.69) is 40.6 Å². The van der Waals surface area contributed by atoms with Crippen LogP contribution in [0.4, 0.5) is 0 Å². The lowest BCUT2D eigenvalue weighted by molar-refractivity contribution is 0.284. The van der Waals surface area contributed by atoms with Crippen molar-refractivity contribution in [3.05, 3.63) is 48.2 Å². The molecule has 1 aliphatic heterocycles. The van der Waals surface area contributed by atoms with Gasteiger partial charge in [0.15, 0.2) is 0 Å². The van der Waals surface area contributed by atoms with E-state index in [4.69, 9.17) is 4.74 Å². The van der Waals surface area contributed by atoms with E-state index in [0.29, 0.717) is 0 Å². The van der Waals surface area contributed by atoms with Crippen LogP contribution in [0.15, 0.2) is 42.6 Å². The van der Waals surface area contributed by atoms with Gasteiger partial charge in [-0.25, -0.2) is 4.98 Å². The minimum atomic E-state index is 0.727. The third kappa shape index (κ3) is 2.22. The standard InChI is InChI=1S/C15H16N2O/c1-2-5-12(6-3-1)13-7-9-17-15-14(13)11-16-8-4-10-18-15/h1-3,5-7,9,16H,4,8,10-11H2. The van der Waals surface area contributed by atoms with Crippen molar-refractivity contribution in [1.29, 1.82) is 0 Å². The minimum Gasteiger partial charge on any atom is -0.477 e. The monoisotopic (exact) mass is 240 g/mol. The predicted octanol–water partition coefficient (Wildman–Crippen LogP) is 2.62. The van der Waals surface area contributed by atoms with Crippen molar-refractivity contribution in [2.45, 2.75) is 13.0 Å². The van der Waals surface area contributed by atoms with E-state index in [9.17, 15) is 0 Å². The van der Waals surface area contributed by atoms with Gasteiger partial charge in [-0.05, 0) is 30.2 Å². The predicted molar refractivity (Wildman–Crippen MR) is 71.5 cm³/mol. The van der Waals surface area contributed by atoms with Crippen LogP contribution < -0.4 is 10.1 Å². The molecule has 1 N–H and O–H groups in total. The zero-order valence-electron chi connectivity index (χ0n) is 10.2. The largest absolute Gasteiger partial charge is 0.477 e. The SMILES string of the molecule is c1ccc(-c2ccnc3c2CNCCCO3)cc1. The summed E-state index contributed by atoms with van der Waals surface area (Å²) in [5.41, 5.74) is 3.57. The van der Waals surface area contributed by atoms with Crippen molar-refractivity contribution in [3.8, 4) is 17.0 Å². The first-order valence-electron chi connectivity index (χ1n) is 6.32. The van der Waals surface area contributed by atoms with Gasteiger partial charge in [-0.15, -0.1) is 0 Å². The molecule has 0 saturated heterocycles. The van der Waals surface area contributed by atoms with E-state index in [1.54, 1.807) is 0 Å². The molecule has 0 aliphatic carbocycles. The number of aromatic nitrogens is 1. The summed E-state index contributed by atoms with van der Waals surface area (Å²) in [4.78, 5) is 4.34. The Bertz CT molecular complexity index is 525. The molecule has 3 heteroatoms. The molecule has 0 bridgehead atoms. The van der Waals surface area contributed by atoms with Gasteiger partial charge >= 0.3 is 0 Å². The van der Waals surface area contributed by atoms with Crippen molar-refractivity contribution in [2.75, 3.05) is 13.2 Å². The molecule has 18 heavy (non-hydrogen) atoms. The summed E-state index contributed by atoms with van der Waals surface area (Å²) in [6, 6.07) is 12.4. The highest BCUT2D eigenvalue weighted by Crippen LogP contribution is 2.29.